The fourth-order valence-corrected chi connectivity index (χ4v) is 3.83. The highest BCUT2D eigenvalue weighted by molar-refractivity contribution is 5.37. The van der Waals surface area contributed by atoms with Crippen molar-refractivity contribution in [3.05, 3.63) is 76.4 Å². The molecule has 0 amide bonds. The van der Waals surface area contributed by atoms with E-state index in [4.69, 9.17) is 4.74 Å². The van der Waals surface area contributed by atoms with E-state index in [0.29, 0.717) is 30.9 Å². The predicted octanol–water partition coefficient (Wildman–Crippen LogP) is 6.22. The van der Waals surface area contributed by atoms with Gasteiger partial charge in [-0.15, -0.1) is 0 Å². The Kier molecular flexibility index (Phi) is 6.65. The van der Waals surface area contributed by atoms with Crippen molar-refractivity contribution in [3.8, 4) is 5.75 Å². The molecule has 2 aromatic rings. The molecule has 3 rings (SSSR count). The molecule has 0 N–H and O–H groups in total. The molecular weight excluding hydrogens is 342 g/mol. The van der Waals surface area contributed by atoms with Gasteiger partial charge in [0.2, 0.25) is 0 Å². The van der Waals surface area contributed by atoms with Crippen molar-refractivity contribution in [3.63, 3.8) is 0 Å². The van der Waals surface area contributed by atoms with E-state index in [1.807, 2.05) is 32.1 Å². The van der Waals surface area contributed by atoms with Crippen molar-refractivity contribution in [2.24, 2.45) is 5.92 Å². The van der Waals surface area contributed by atoms with Crippen molar-refractivity contribution >= 4 is 0 Å². The standard InChI is InChI=1S/C24H28F2O/c1-3-5-12-27-21-10-9-19-13-18(6-8-20(19)16-21)7-11-22-23(25)14-17(4-2)15-24(22)26/h3,5,9-10,14-16,18H,4,6-8,11-13H2,1-2H3. The van der Waals surface area contributed by atoms with E-state index in [-0.39, 0.29) is 5.56 Å². The highest BCUT2D eigenvalue weighted by Crippen LogP contribution is 2.31. The molecule has 0 aliphatic heterocycles. The molecular formula is C24H28F2O. The molecule has 1 unspecified atom stereocenters. The van der Waals surface area contributed by atoms with Crippen molar-refractivity contribution in [1.29, 1.82) is 0 Å². The quantitative estimate of drug-likeness (QED) is 0.526. The highest BCUT2D eigenvalue weighted by atomic mass is 19.1. The minimum absolute atomic E-state index is 0.241. The van der Waals surface area contributed by atoms with Crippen LogP contribution in [0.4, 0.5) is 8.78 Å². The largest absolute Gasteiger partial charge is 0.490 e. The monoisotopic (exact) mass is 370 g/mol. The van der Waals surface area contributed by atoms with Gasteiger partial charge in [-0.3, -0.25) is 0 Å². The van der Waals surface area contributed by atoms with E-state index >= 15 is 0 Å². The molecule has 1 atom stereocenters. The van der Waals surface area contributed by atoms with Crippen LogP contribution in [0.1, 0.15) is 48.9 Å². The molecule has 144 valence electrons. The van der Waals surface area contributed by atoms with Crippen LogP contribution >= 0.6 is 0 Å². The second-order valence-electron chi connectivity index (χ2n) is 7.35. The summed E-state index contributed by atoms with van der Waals surface area (Å²) in [5.74, 6) is 0.583. The van der Waals surface area contributed by atoms with Crippen LogP contribution in [0.15, 0.2) is 42.5 Å². The van der Waals surface area contributed by atoms with Crippen LogP contribution < -0.4 is 4.74 Å². The Morgan fingerprint density at radius 2 is 1.89 bits per heavy atom. The fraction of sp³-hybridized carbons (Fsp3) is 0.417. The zero-order valence-electron chi connectivity index (χ0n) is 16.2. The summed E-state index contributed by atoms with van der Waals surface area (Å²) in [7, 11) is 0. The van der Waals surface area contributed by atoms with Gasteiger partial charge in [0.1, 0.15) is 24.0 Å². The number of ether oxygens (including phenoxy) is 1. The van der Waals surface area contributed by atoms with Crippen molar-refractivity contribution in [2.75, 3.05) is 6.61 Å². The van der Waals surface area contributed by atoms with Crippen LogP contribution in [-0.4, -0.2) is 6.61 Å². The molecule has 0 saturated carbocycles. The number of rotatable bonds is 7. The molecule has 0 saturated heterocycles. The molecule has 0 spiro atoms. The second-order valence-corrected chi connectivity index (χ2v) is 7.35. The van der Waals surface area contributed by atoms with Gasteiger partial charge in [0.05, 0.1) is 0 Å². The maximum absolute atomic E-state index is 14.2. The molecule has 1 aliphatic carbocycles. The first-order chi connectivity index (χ1) is 13.1. The van der Waals surface area contributed by atoms with Crippen molar-refractivity contribution < 1.29 is 13.5 Å². The van der Waals surface area contributed by atoms with E-state index in [0.717, 1.165) is 31.4 Å². The van der Waals surface area contributed by atoms with Crippen LogP contribution in [0.3, 0.4) is 0 Å². The third-order valence-corrected chi connectivity index (χ3v) is 5.50. The van der Waals surface area contributed by atoms with Crippen LogP contribution in [0, 0.1) is 17.6 Å². The van der Waals surface area contributed by atoms with Gasteiger partial charge in [0.15, 0.2) is 0 Å². The van der Waals surface area contributed by atoms with Crippen LogP contribution in [0.5, 0.6) is 5.75 Å². The van der Waals surface area contributed by atoms with E-state index in [9.17, 15) is 8.78 Å². The molecule has 1 aliphatic rings. The molecule has 2 aromatic carbocycles. The third kappa shape index (κ3) is 4.97. The number of hydrogen-bond acceptors (Lipinski definition) is 1. The molecule has 0 aromatic heterocycles. The molecule has 0 fully saturated rings. The minimum atomic E-state index is -0.397. The van der Waals surface area contributed by atoms with Gasteiger partial charge in [0, 0.05) is 5.56 Å². The summed E-state index contributed by atoms with van der Waals surface area (Å²) in [5.41, 5.74) is 3.64. The van der Waals surface area contributed by atoms with Gasteiger partial charge in [-0.25, -0.2) is 8.78 Å². The molecule has 0 bridgehead atoms. The normalized spacial score (nSPS) is 16.5. The molecule has 0 heterocycles. The van der Waals surface area contributed by atoms with E-state index in [1.54, 1.807) is 0 Å². The maximum Gasteiger partial charge on any atom is 0.129 e. The lowest BCUT2D eigenvalue weighted by Crippen LogP contribution is -2.15. The first-order valence-electron chi connectivity index (χ1n) is 9.93. The Balaban J connectivity index is 1.60. The van der Waals surface area contributed by atoms with Gasteiger partial charge in [-0.05, 0) is 92.3 Å². The lowest BCUT2D eigenvalue weighted by atomic mass is 9.81. The smallest absolute Gasteiger partial charge is 0.129 e. The SMILES string of the molecule is CC=CCOc1ccc2c(c1)CCC(CCc1c(F)cc(CC)cc1F)C2. The van der Waals surface area contributed by atoms with Crippen LogP contribution in [0.2, 0.25) is 0 Å². The summed E-state index contributed by atoms with van der Waals surface area (Å²) in [4.78, 5) is 0. The van der Waals surface area contributed by atoms with E-state index < -0.39 is 11.6 Å². The summed E-state index contributed by atoms with van der Waals surface area (Å²) in [6.45, 7) is 4.47. The number of halogens is 2. The number of allylic oxidation sites excluding steroid dienone is 1. The summed E-state index contributed by atoms with van der Waals surface area (Å²) in [5, 5.41) is 0. The zero-order valence-corrected chi connectivity index (χ0v) is 16.2. The van der Waals surface area contributed by atoms with Gasteiger partial charge < -0.3 is 4.74 Å². The van der Waals surface area contributed by atoms with Gasteiger partial charge >= 0.3 is 0 Å². The average Bonchev–Trinajstić information content (AvgIpc) is 2.67. The lowest BCUT2D eigenvalue weighted by molar-refractivity contribution is 0.360. The Hall–Kier alpha value is -2.16. The number of aryl methyl sites for hydroxylation is 2. The van der Waals surface area contributed by atoms with Gasteiger partial charge in [-0.2, -0.15) is 0 Å². The van der Waals surface area contributed by atoms with Gasteiger partial charge in [-0.1, -0.05) is 25.1 Å². The van der Waals surface area contributed by atoms with Crippen molar-refractivity contribution in [2.45, 2.75) is 52.4 Å². The summed E-state index contributed by atoms with van der Waals surface area (Å²) in [6.07, 6.45) is 8.92. The minimum Gasteiger partial charge on any atom is -0.490 e. The Morgan fingerprint density at radius 1 is 1.11 bits per heavy atom. The highest BCUT2D eigenvalue weighted by Gasteiger charge is 2.20. The first-order valence-corrected chi connectivity index (χ1v) is 9.93. The molecule has 1 nitrogen and oxygen atoms in total. The first kappa shape index (κ1) is 19.6. The second kappa shape index (κ2) is 9.16. The topological polar surface area (TPSA) is 9.23 Å². The lowest BCUT2D eigenvalue weighted by Gasteiger charge is -2.25. The summed E-state index contributed by atoms with van der Waals surface area (Å²) >= 11 is 0. The number of benzene rings is 2. The predicted molar refractivity (Wildman–Crippen MR) is 106 cm³/mol. The fourth-order valence-electron chi connectivity index (χ4n) is 3.83. The van der Waals surface area contributed by atoms with E-state index in [1.165, 1.54) is 23.3 Å². The summed E-state index contributed by atoms with van der Waals surface area (Å²) < 4.78 is 34.1. The molecule has 3 heteroatoms. The van der Waals surface area contributed by atoms with Crippen LogP contribution in [-0.2, 0) is 25.7 Å². The number of fused-ring (bicyclic) bond motifs is 1. The van der Waals surface area contributed by atoms with Crippen molar-refractivity contribution in [1.82, 2.24) is 0 Å². The Morgan fingerprint density at radius 3 is 2.59 bits per heavy atom. The van der Waals surface area contributed by atoms with Gasteiger partial charge in [0.25, 0.3) is 0 Å². The Bertz CT molecular complexity index is 787. The molecule has 27 heavy (non-hydrogen) atoms. The maximum atomic E-state index is 14.2. The summed E-state index contributed by atoms with van der Waals surface area (Å²) in [6, 6.07) is 9.25. The average molecular weight is 370 g/mol. The molecule has 0 radical (unpaired) electrons. The van der Waals surface area contributed by atoms with E-state index in [2.05, 4.69) is 12.1 Å². The van der Waals surface area contributed by atoms with Crippen LogP contribution in [0.25, 0.3) is 0 Å². The number of hydrogen-bond donors (Lipinski definition) is 0. The Labute approximate surface area is 161 Å². The zero-order chi connectivity index (χ0) is 19.2. The third-order valence-electron chi connectivity index (χ3n) is 5.50.